The summed E-state index contributed by atoms with van der Waals surface area (Å²) in [6.07, 6.45) is 0. The van der Waals surface area contributed by atoms with Crippen molar-refractivity contribution in [2.45, 2.75) is 6.61 Å². The van der Waals surface area contributed by atoms with Gasteiger partial charge in [-0.2, -0.15) is 5.26 Å². The highest BCUT2D eigenvalue weighted by Crippen LogP contribution is 2.23. The monoisotopic (exact) mass is 272 g/mol. The van der Waals surface area contributed by atoms with E-state index in [1.54, 1.807) is 24.3 Å². The summed E-state index contributed by atoms with van der Waals surface area (Å²) in [5, 5.41) is 8.91. The molecule has 0 spiro atoms. The average Bonchev–Trinajstić information content (AvgIpc) is 2.48. The predicted molar refractivity (Wildman–Crippen MR) is 72.9 cm³/mol. The number of nitriles is 1. The molecule has 102 valence electrons. The third-order valence-corrected chi connectivity index (χ3v) is 2.72. The van der Waals surface area contributed by atoms with Crippen molar-refractivity contribution in [3.8, 4) is 17.6 Å². The molecule has 2 rings (SSSR count). The van der Waals surface area contributed by atoms with E-state index >= 15 is 0 Å². The summed E-state index contributed by atoms with van der Waals surface area (Å²) in [5.41, 5.74) is 6.59. The van der Waals surface area contributed by atoms with E-state index in [0.717, 1.165) is 0 Å². The number of nitrogens with zero attached hydrogens (tertiary/aromatic N) is 1. The first-order chi connectivity index (χ1) is 9.62. The summed E-state index contributed by atoms with van der Waals surface area (Å²) in [7, 11) is 1.51. The van der Waals surface area contributed by atoms with E-state index in [0.29, 0.717) is 22.6 Å². The van der Waals surface area contributed by atoms with E-state index < -0.39 is 5.82 Å². The maximum absolute atomic E-state index is 13.3. The van der Waals surface area contributed by atoms with E-state index in [2.05, 4.69) is 0 Å². The molecule has 2 aromatic rings. The van der Waals surface area contributed by atoms with Crippen LogP contribution >= 0.6 is 0 Å². The Bertz CT molecular complexity index is 665. The van der Waals surface area contributed by atoms with E-state index in [1.165, 1.54) is 19.2 Å². The summed E-state index contributed by atoms with van der Waals surface area (Å²) in [4.78, 5) is 0. The largest absolute Gasteiger partial charge is 0.497 e. The van der Waals surface area contributed by atoms with Crippen molar-refractivity contribution in [1.29, 1.82) is 5.26 Å². The molecular formula is C15H13FN2O2. The van der Waals surface area contributed by atoms with Gasteiger partial charge in [0.1, 0.15) is 23.9 Å². The second-order valence-corrected chi connectivity index (χ2v) is 4.15. The Morgan fingerprint density at radius 2 is 1.95 bits per heavy atom. The van der Waals surface area contributed by atoms with Crippen LogP contribution in [0.4, 0.5) is 10.1 Å². The fraction of sp³-hybridized carbons (Fsp3) is 0.133. The minimum Gasteiger partial charge on any atom is -0.497 e. The van der Waals surface area contributed by atoms with Crippen LogP contribution in [0.3, 0.4) is 0 Å². The molecule has 0 unspecified atom stereocenters. The van der Waals surface area contributed by atoms with Gasteiger partial charge in [0.05, 0.1) is 24.4 Å². The summed E-state index contributed by atoms with van der Waals surface area (Å²) in [6, 6.07) is 11.4. The standard InChI is InChI=1S/C15H13FN2O2/c1-19-12-4-11(8-17)5-13(7-12)20-9-10-2-3-15(18)14(16)6-10/h2-7H,9,18H2,1H3. The summed E-state index contributed by atoms with van der Waals surface area (Å²) >= 11 is 0. The molecule has 4 nitrogen and oxygen atoms in total. The zero-order chi connectivity index (χ0) is 14.5. The van der Waals surface area contributed by atoms with Crippen LogP contribution in [0.25, 0.3) is 0 Å². The van der Waals surface area contributed by atoms with Crippen molar-refractivity contribution in [3.05, 3.63) is 53.3 Å². The quantitative estimate of drug-likeness (QED) is 0.869. The predicted octanol–water partition coefficient (Wildman–Crippen LogP) is 2.87. The van der Waals surface area contributed by atoms with Crippen LogP contribution in [0.15, 0.2) is 36.4 Å². The summed E-state index contributed by atoms with van der Waals surface area (Å²) < 4.78 is 23.9. The number of nitrogens with two attached hydrogens (primary N) is 1. The molecule has 0 aliphatic carbocycles. The van der Waals surface area contributed by atoms with Crippen LogP contribution in [0.5, 0.6) is 11.5 Å². The molecule has 0 aliphatic heterocycles. The van der Waals surface area contributed by atoms with Crippen molar-refractivity contribution in [2.24, 2.45) is 0 Å². The lowest BCUT2D eigenvalue weighted by Gasteiger charge is -2.09. The number of nitrogen functional groups attached to an aromatic ring is 1. The lowest BCUT2D eigenvalue weighted by atomic mass is 10.2. The molecule has 0 atom stereocenters. The van der Waals surface area contributed by atoms with Crippen LogP contribution in [0.1, 0.15) is 11.1 Å². The molecule has 0 radical (unpaired) electrons. The van der Waals surface area contributed by atoms with Crippen LogP contribution in [0, 0.1) is 17.1 Å². The van der Waals surface area contributed by atoms with Crippen molar-refractivity contribution in [1.82, 2.24) is 0 Å². The van der Waals surface area contributed by atoms with Gasteiger partial charge in [-0.25, -0.2) is 4.39 Å². The molecule has 0 heterocycles. The van der Waals surface area contributed by atoms with E-state index in [-0.39, 0.29) is 12.3 Å². The Morgan fingerprint density at radius 3 is 2.60 bits per heavy atom. The van der Waals surface area contributed by atoms with Gasteiger partial charge in [0.15, 0.2) is 0 Å². The SMILES string of the molecule is COc1cc(C#N)cc(OCc2ccc(N)c(F)c2)c1. The lowest BCUT2D eigenvalue weighted by Crippen LogP contribution is -1.99. The van der Waals surface area contributed by atoms with Gasteiger partial charge < -0.3 is 15.2 Å². The maximum Gasteiger partial charge on any atom is 0.146 e. The Hall–Kier alpha value is -2.74. The average molecular weight is 272 g/mol. The fourth-order valence-corrected chi connectivity index (χ4v) is 1.66. The number of methoxy groups -OCH3 is 1. The Labute approximate surface area is 116 Å². The van der Waals surface area contributed by atoms with Crippen LogP contribution in [-0.2, 0) is 6.61 Å². The van der Waals surface area contributed by atoms with Crippen LogP contribution in [-0.4, -0.2) is 7.11 Å². The topological polar surface area (TPSA) is 68.3 Å². The van der Waals surface area contributed by atoms with Gasteiger partial charge in [-0.1, -0.05) is 6.07 Å². The van der Waals surface area contributed by atoms with E-state index in [9.17, 15) is 4.39 Å². The highest BCUT2D eigenvalue weighted by molar-refractivity contribution is 5.44. The molecule has 20 heavy (non-hydrogen) atoms. The van der Waals surface area contributed by atoms with Crippen molar-refractivity contribution >= 4 is 5.69 Å². The van der Waals surface area contributed by atoms with Gasteiger partial charge in [0.25, 0.3) is 0 Å². The Balaban J connectivity index is 2.14. The zero-order valence-corrected chi connectivity index (χ0v) is 10.9. The smallest absolute Gasteiger partial charge is 0.146 e. The Morgan fingerprint density at radius 1 is 1.20 bits per heavy atom. The first-order valence-electron chi connectivity index (χ1n) is 5.88. The molecule has 0 bridgehead atoms. The Kier molecular flexibility index (Phi) is 4.06. The molecular weight excluding hydrogens is 259 g/mol. The van der Waals surface area contributed by atoms with Gasteiger partial charge in [-0.3, -0.25) is 0 Å². The molecule has 0 aliphatic rings. The van der Waals surface area contributed by atoms with E-state index in [4.69, 9.17) is 20.5 Å². The first kappa shape index (κ1) is 13.7. The molecule has 0 amide bonds. The number of hydrogen-bond donors (Lipinski definition) is 1. The molecule has 2 N–H and O–H groups in total. The van der Waals surface area contributed by atoms with Crippen molar-refractivity contribution in [3.63, 3.8) is 0 Å². The third kappa shape index (κ3) is 3.18. The number of rotatable bonds is 4. The molecule has 5 heteroatoms. The molecule has 0 saturated heterocycles. The molecule has 0 aromatic heterocycles. The number of hydrogen-bond acceptors (Lipinski definition) is 4. The molecule has 2 aromatic carbocycles. The summed E-state index contributed by atoms with van der Waals surface area (Å²) in [6.45, 7) is 0.176. The van der Waals surface area contributed by atoms with Gasteiger partial charge in [-0.15, -0.1) is 0 Å². The normalized spacial score (nSPS) is 9.85. The van der Waals surface area contributed by atoms with Gasteiger partial charge in [-0.05, 0) is 29.8 Å². The number of anilines is 1. The van der Waals surface area contributed by atoms with Crippen LogP contribution < -0.4 is 15.2 Å². The maximum atomic E-state index is 13.3. The number of halogens is 1. The second-order valence-electron chi connectivity index (χ2n) is 4.15. The minimum absolute atomic E-state index is 0.0990. The van der Waals surface area contributed by atoms with Crippen molar-refractivity contribution < 1.29 is 13.9 Å². The highest BCUT2D eigenvalue weighted by atomic mass is 19.1. The first-order valence-corrected chi connectivity index (χ1v) is 5.88. The number of benzene rings is 2. The third-order valence-electron chi connectivity index (χ3n) is 2.72. The highest BCUT2D eigenvalue weighted by Gasteiger charge is 2.04. The van der Waals surface area contributed by atoms with Crippen LogP contribution in [0.2, 0.25) is 0 Å². The summed E-state index contributed by atoms with van der Waals surface area (Å²) in [5.74, 6) is 0.537. The van der Waals surface area contributed by atoms with Gasteiger partial charge >= 0.3 is 0 Å². The fourth-order valence-electron chi connectivity index (χ4n) is 1.66. The second kappa shape index (κ2) is 5.93. The molecule has 0 saturated carbocycles. The minimum atomic E-state index is -0.477. The lowest BCUT2D eigenvalue weighted by molar-refractivity contribution is 0.303. The molecule has 0 fully saturated rings. The van der Waals surface area contributed by atoms with Crippen molar-refractivity contribution in [2.75, 3.05) is 12.8 Å². The number of ether oxygens (including phenoxy) is 2. The van der Waals surface area contributed by atoms with Gasteiger partial charge in [0.2, 0.25) is 0 Å². The zero-order valence-electron chi connectivity index (χ0n) is 10.9. The van der Waals surface area contributed by atoms with E-state index in [1.807, 2.05) is 6.07 Å². The van der Waals surface area contributed by atoms with Gasteiger partial charge in [0, 0.05) is 6.07 Å².